The van der Waals surface area contributed by atoms with Crippen LogP contribution in [0.3, 0.4) is 0 Å². The summed E-state index contributed by atoms with van der Waals surface area (Å²) in [5, 5.41) is 0.917. The van der Waals surface area contributed by atoms with Gasteiger partial charge in [-0.15, -0.1) is 11.8 Å². The van der Waals surface area contributed by atoms with Crippen LogP contribution in [0.15, 0.2) is 53.4 Å². The van der Waals surface area contributed by atoms with Gasteiger partial charge in [-0.1, -0.05) is 23.8 Å². The smallest absolute Gasteiger partial charge is 0.254 e. The molecule has 3 nitrogen and oxygen atoms in total. The fourth-order valence-corrected chi connectivity index (χ4v) is 3.34. The molecule has 0 radical (unpaired) electrons. The molecular formula is C21H22N2OS. The van der Waals surface area contributed by atoms with E-state index in [-0.39, 0.29) is 5.91 Å². The number of rotatable bonds is 4. The zero-order chi connectivity index (χ0) is 18.0. The van der Waals surface area contributed by atoms with Crippen LogP contribution in [0.2, 0.25) is 0 Å². The number of fused-ring (bicyclic) bond motifs is 1. The Kier molecular flexibility index (Phi) is 5.09. The third-order valence-electron chi connectivity index (χ3n) is 4.25. The summed E-state index contributed by atoms with van der Waals surface area (Å²) in [4.78, 5) is 20.6. The number of hydrogen-bond donors (Lipinski definition) is 0. The van der Waals surface area contributed by atoms with E-state index in [1.54, 1.807) is 16.7 Å². The van der Waals surface area contributed by atoms with Crippen LogP contribution in [-0.4, -0.2) is 29.1 Å². The average Bonchev–Trinajstić information content (AvgIpc) is 2.61. The van der Waals surface area contributed by atoms with Crippen molar-refractivity contribution < 1.29 is 4.79 Å². The van der Waals surface area contributed by atoms with Crippen molar-refractivity contribution in [2.45, 2.75) is 25.3 Å². The van der Waals surface area contributed by atoms with Gasteiger partial charge in [-0.2, -0.15) is 0 Å². The first kappa shape index (κ1) is 17.5. The molecule has 4 heteroatoms. The summed E-state index contributed by atoms with van der Waals surface area (Å²) in [5.41, 5.74) is 4.70. The van der Waals surface area contributed by atoms with Crippen LogP contribution in [0.1, 0.15) is 27.2 Å². The molecule has 1 aromatic heterocycles. The van der Waals surface area contributed by atoms with Crippen molar-refractivity contribution in [2.24, 2.45) is 0 Å². The minimum Gasteiger partial charge on any atom is -0.337 e. The minimum absolute atomic E-state index is 0.0232. The minimum atomic E-state index is 0.0232. The van der Waals surface area contributed by atoms with E-state index >= 15 is 0 Å². The summed E-state index contributed by atoms with van der Waals surface area (Å²) in [6.45, 7) is 4.55. The largest absolute Gasteiger partial charge is 0.337 e. The Balaban J connectivity index is 1.91. The molecule has 0 aliphatic rings. The van der Waals surface area contributed by atoms with Gasteiger partial charge >= 0.3 is 0 Å². The Bertz CT molecular complexity index is 919. The van der Waals surface area contributed by atoms with Crippen LogP contribution < -0.4 is 0 Å². The first-order chi connectivity index (χ1) is 12.0. The number of pyridine rings is 1. The lowest BCUT2D eigenvalue weighted by Gasteiger charge is -2.19. The topological polar surface area (TPSA) is 33.2 Å². The maximum absolute atomic E-state index is 13.0. The number of nitrogens with zero attached hydrogens (tertiary/aromatic N) is 2. The molecule has 1 amide bonds. The van der Waals surface area contributed by atoms with Crippen LogP contribution in [0, 0.1) is 13.8 Å². The van der Waals surface area contributed by atoms with Crippen molar-refractivity contribution in [3.8, 4) is 0 Å². The molecule has 0 saturated carbocycles. The molecule has 0 aliphatic carbocycles. The van der Waals surface area contributed by atoms with Gasteiger partial charge < -0.3 is 4.90 Å². The van der Waals surface area contributed by atoms with Gasteiger partial charge in [0.1, 0.15) is 0 Å². The quantitative estimate of drug-likeness (QED) is 0.631. The molecule has 3 aromatic rings. The molecule has 0 fully saturated rings. The predicted molar refractivity (Wildman–Crippen MR) is 105 cm³/mol. The highest BCUT2D eigenvalue weighted by Gasteiger charge is 2.16. The zero-order valence-corrected chi connectivity index (χ0v) is 15.9. The van der Waals surface area contributed by atoms with Gasteiger partial charge in [-0.05, 0) is 56.0 Å². The SMILES string of the molecule is CSc1ccc(CN(C)C(=O)c2cc(C)nc3ccc(C)cc23)cc1. The monoisotopic (exact) mass is 350 g/mol. The molecule has 25 heavy (non-hydrogen) atoms. The van der Waals surface area contributed by atoms with E-state index in [4.69, 9.17) is 0 Å². The highest BCUT2D eigenvalue weighted by molar-refractivity contribution is 7.98. The Morgan fingerprint density at radius 3 is 2.48 bits per heavy atom. The normalized spacial score (nSPS) is 10.9. The first-order valence-corrected chi connectivity index (χ1v) is 9.47. The molecule has 0 spiro atoms. The predicted octanol–water partition coefficient (Wildman–Crippen LogP) is 4.85. The summed E-state index contributed by atoms with van der Waals surface area (Å²) in [7, 11) is 1.85. The number of aromatic nitrogens is 1. The van der Waals surface area contributed by atoms with Crippen LogP contribution in [0.4, 0.5) is 0 Å². The molecule has 3 rings (SSSR count). The van der Waals surface area contributed by atoms with Gasteiger partial charge in [0.2, 0.25) is 0 Å². The molecule has 0 atom stereocenters. The van der Waals surface area contributed by atoms with Crippen LogP contribution in [-0.2, 0) is 6.54 Å². The van der Waals surface area contributed by atoms with E-state index in [1.807, 2.05) is 45.2 Å². The van der Waals surface area contributed by atoms with Gasteiger partial charge in [0.15, 0.2) is 0 Å². The molecule has 0 unspecified atom stereocenters. The second-order valence-corrected chi connectivity index (χ2v) is 7.22. The highest BCUT2D eigenvalue weighted by atomic mass is 32.2. The standard InChI is InChI=1S/C21H22N2OS/c1-14-5-10-20-18(11-14)19(12-15(2)22-20)21(24)23(3)13-16-6-8-17(25-4)9-7-16/h5-12H,13H2,1-4H3. The van der Waals surface area contributed by atoms with E-state index in [0.717, 1.165) is 33.3 Å². The summed E-state index contributed by atoms with van der Waals surface area (Å²) in [6.07, 6.45) is 2.06. The Morgan fingerprint density at radius 1 is 1.08 bits per heavy atom. The van der Waals surface area contributed by atoms with Gasteiger partial charge in [0.25, 0.3) is 5.91 Å². The summed E-state index contributed by atoms with van der Waals surface area (Å²) < 4.78 is 0. The Labute approximate surface area is 153 Å². The van der Waals surface area contributed by atoms with E-state index in [1.165, 1.54) is 4.90 Å². The average molecular weight is 350 g/mol. The van der Waals surface area contributed by atoms with Crippen LogP contribution in [0.5, 0.6) is 0 Å². The molecule has 1 heterocycles. The maximum atomic E-state index is 13.0. The van der Waals surface area contributed by atoms with Crippen molar-refractivity contribution >= 4 is 28.6 Å². The maximum Gasteiger partial charge on any atom is 0.254 e. The highest BCUT2D eigenvalue weighted by Crippen LogP contribution is 2.22. The van der Waals surface area contributed by atoms with E-state index in [2.05, 4.69) is 35.5 Å². The molecular weight excluding hydrogens is 328 g/mol. The van der Waals surface area contributed by atoms with Gasteiger partial charge in [0, 0.05) is 29.6 Å². The fraction of sp³-hybridized carbons (Fsp3) is 0.238. The Morgan fingerprint density at radius 2 is 1.80 bits per heavy atom. The number of benzene rings is 2. The number of aryl methyl sites for hydroxylation is 2. The third-order valence-corrected chi connectivity index (χ3v) is 4.99. The lowest BCUT2D eigenvalue weighted by Crippen LogP contribution is -2.26. The molecule has 0 bridgehead atoms. The van der Waals surface area contributed by atoms with Gasteiger partial charge in [-0.3, -0.25) is 9.78 Å². The second-order valence-electron chi connectivity index (χ2n) is 6.34. The number of thioether (sulfide) groups is 1. The molecule has 0 N–H and O–H groups in total. The van der Waals surface area contributed by atoms with Crippen molar-refractivity contribution in [3.05, 3.63) is 70.9 Å². The number of amides is 1. The summed E-state index contributed by atoms with van der Waals surface area (Å²) in [6, 6.07) is 16.3. The Hall–Kier alpha value is -2.33. The molecule has 0 saturated heterocycles. The van der Waals surface area contributed by atoms with E-state index in [0.29, 0.717) is 6.54 Å². The zero-order valence-electron chi connectivity index (χ0n) is 15.0. The lowest BCUT2D eigenvalue weighted by atomic mass is 10.0. The summed E-state index contributed by atoms with van der Waals surface area (Å²) in [5.74, 6) is 0.0232. The van der Waals surface area contributed by atoms with Crippen molar-refractivity contribution in [1.29, 1.82) is 0 Å². The number of hydrogen-bond acceptors (Lipinski definition) is 3. The van der Waals surface area contributed by atoms with E-state index in [9.17, 15) is 4.79 Å². The third kappa shape index (κ3) is 3.85. The van der Waals surface area contributed by atoms with E-state index < -0.39 is 0 Å². The number of carbonyl (C=O) groups excluding carboxylic acids is 1. The van der Waals surface area contributed by atoms with Gasteiger partial charge in [-0.25, -0.2) is 0 Å². The van der Waals surface area contributed by atoms with Gasteiger partial charge in [0.05, 0.1) is 11.1 Å². The first-order valence-electron chi connectivity index (χ1n) is 8.24. The van der Waals surface area contributed by atoms with Crippen LogP contribution >= 0.6 is 11.8 Å². The molecule has 128 valence electrons. The van der Waals surface area contributed by atoms with Crippen molar-refractivity contribution in [1.82, 2.24) is 9.88 Å². The van der Waals surface area contributed by atoms with Crippen molar-refractivity contribution in [3.63, 3.8) is 0 Å². The lowest BCUT2D eigenvalue weighted by molar-refractivity contribution is 0.0787. The van der Waals surface area contributed by atoms with Crippen molar-refractivity contribution in [2.75, 3.05) is 13.3 Å². The number of carbonyl (C=O) groups is 1. The molecule has 0 aliphatic heterocycles. The van der Waals surface area contributed by atoms with Crippen LogP contribution in [0.25, 0.3) is 10.9 Å². The molecule has 2 aromatic carbocycles. The second kappa shape index (κ2) is 7.28. The fourth-order valence-electron chi connectivity index (χ4n) is 2.93. The summed E-state index contributed by atoms with van der Waals surface area (Å²) >= 11 is 1.72.